The summed E-state index contributed by atoms with van der Waals surface area (Å²) in [5, 5.41) is 3.13. The van der Waals surface area contributed by atoms with Crippen LogP contribution in [0.1, 0.15) is 5.56 Å². The van der Waals surface area contributed by atoms with Crippen molar-refractivity contribution < 1.29 is 8.98 Å². The van der Waals surface area contributed by atoms with Gasteiger partial charge in [0.05, 0.1) is 24.6 Å². The van der Waals surface area contributed by atoms with E-state index in [2.05, 4.69) is 39.5 Å². The van der Waals surface area contributed by atoms with Gasteiger partial charge in [0, 0.05) is 16.3 Å². The molecular weight excluding hydrogens is 406 g/mol. The fourth-order valence-electron chi connectivity index (χ4n) is 4.76. The van der Waals surface area contributed by atoms with Gasteiger partial charge in [-0.3, -0.25) is 0 Å². The molecule has 0 bridgehead atoms. The van der Waals surface area contributed by atoms with Crippen LogP contribution in [-0.2, 0) is 7.05 Å². The normalized spacial score (nSPS) is 11.3. The van der Waals surface area contributed by atoms with Gasteiger partial charge in [0.2, 0.25) is 0 Å². The molecule has 4 nitrogen and oxygen atoms in total. The number of para-hydroxylation sites is 1. The molecule has 0 aliphatic carbocycles. The molecule has 0 atom stereocenters. The Labute approximate surface area is 191 Å². The van der Waals surface area contributed by atoms with E-state index in [1.54, 1.807) is 0 Å². The van der Waals surface area contributed by atoms with Crippen molar-refractivity contribution in [3.05, 3.63) is 102 Å². The molecule has 0 fully saturated rings. The Hall–Kier alpha value is -4.49. The van der Waals surface area contributed by atoms with Crippen LogP contribution in [0.3, 0.4) is 0 Å². The van der Waals surface area contributed by atoms with Crippen LogP contribution in [0.4, 0.5) is 5.69 Å². The van der Waals surface area contributed by atoms with Gasteiger partial charge >= 0.3 is 0 Å². The zero-order valence-corrected chi connectivity index (χ0v) is 18.3. The van der Waals surface area contributed by atoms with Crippen LogP contribution in [0.25, 0.3) is 60.1 Å². The molecule has 2 aromatic heterocycles. The highest BCUT2D eigenvalue weighted by atomic mass is 16.3. The van der Waals surface area contributed by atoms with Gasteiger partial charge in [-0.15, -0.1) is 0 Å². The number of hydrogen-bond donors (Lipinski definition) is 0. The van der Waals surface area contributed by atoms with Crippen LogP contribution >= 0.6 is 0 Å². The van der Waals surface area contributed by atoms with Crippen LogP contribution < -0.4 is 4.57 Å². The van der Waals surface area contributed by atoms with Crippen molar-refractivity contribution in [1.29, 1.82) is 0 Å². The van der Waals surface area contributed by atoms with Gasteiger partial charge in [-0.05, 0) is 35.2 Å². The maximum atomic E-state index is 7.75. The fourth-order valence-corrected chi connectivity index (χ4v) is 4.76. The first kappa shape index (κ1) is 19.2. The Morgan fingerprint density at radius 2 is 1.48 bits per heavy atom. The lowest BCUT2D eigenvalue weighted by molar-refractivity contribution is -0.662. The quantitative estimate of drug-likeness (QED) is 0.218. The van der Waals surface area contributed by atoms with E-state index in [1.807, 2.05) is 74.0 Å². The molecule has 4 aromatic carbocycles. The molecule has 2 heterocycles. The SMILES string of the molecule is [C-]#[N+]c1ccc2c(oc3c(-c4c5ccccc5nc[n+]4C)c(C)ccc32)c1-c1ccccc1. The third kappa shape index (κ3) is 2.83. The zero-order valence-electron chi connectivity index (χ0n) is 18.3. The van der Waals surface area contributed by atoms with E-state index in [9.17, 15) is 0 Å². The third-order valence-electron chi connectivity index (χ3n) is 6.30. The second kappa shape index (κ2) is 7.29. The van der Waals surface area contributed by atoms with Crippen LogP contribution in [-0.4, -0.2) is 4.98 Å². The van der Waals surface area contributed by atoms with Gasteiger partial charge in [0.1, 0.15) is 16.9 Å². The summed E-state index contributed by atoms with van der Waals surface area (Å²) in [6.45, 7) is 9.86. The summed E-state index contributed by atoms with van der Waals surface area (Å²) in [5.74, 6) is 0. The van der Waals surface area contributed by atoms with Crippen LogP contribution in [0, 0.1) is 13.5 Å². The second-order valence-corrected chi connectivity index (χ2v) is 8.27. The molecule has 0 unspecified atom stereocenters. The maximum absolute atomic E-state index is 7.75. The minimum atomic E-state index is 0.589. The summed E-state index contributed by atoms with van der Waals surface area (Å²) in [7, 11) is 2.02. The molecular formula is C29H20N3O+. The standard InChI is InChI=1S/C29H20N3O/c1-18-13-14-20-21-15-16-24(30-2)26(19-9-5-4-6-10-19)29(21)33-28(20)25(18)27-22-11-7-8-12-23(22)31-17-32(27)3/h4-17H,1,3H3/q+1. The minimum absolute atomic E-state index is 0.589. The number of aryl methyl sites for hydroxylation is 2. The van der Waals surface area contributed by atoms with Crippen LogP contribution in [0.2, 0.25) is 0 Å². The smallest absolute Gasteiger partial charge is 0.287 e. The molecule has 0 amide bonds. The number of rotatable bonds is 2. The topological polar surface area (TPSA) is 34.3 Å². The van der Waals surface area contributed by atoms with Gasteiger partial charge in [-0.25, -0.2) is 9.41 Å². The van der Waals surface area contributed by atoms with E-state index in [-0.39, 0.29) is 0 Å². The molecule has 0 aliphatic rings. The number of aromatic nitrogens is 2. The zero-order chi connectivity index (χ0) is 22.5. The molecule has 6 aromatic rings. The number of furan rings is 1. The average Bonchev–Trinajstić information content (AvgIpc) is 3.23. The van der Waals surface area contributed by atoms with Gasteiger partial charge in [0.15, 0.2) is 11.2 Å². The lowest BCUT2D eigenvalue weighted by Crippen LogP contribution is -2.31. The molecule has 0 saturated carbocycles. The maximum Gasteiger partial charge on any atom is 0.287 e. The minimum Gasteiger partial charge on any atom is -0.456 e. The van der Waals surface area contributed by atoms with Crippen molar-refractivity contribution in [1.82, 2.24) is 4.98 Å². The predicted molar refractivity (Wildman–Crippen MR) is 132 cm³/mol. The summed E-state index contributed by atoms with van der Waals surface area (Å²) < 4.78 is 8.73. The lowest BCUT2D eigenvalue weighted by Gasteiger charge is -2.09. The van der Waals surface area contributed by atoms with Crippen LogP contribution in [0.5, 0.6) is 0 Å². The summed E-state index contributed by atoms with van der Waals surface area (Å²) >= 11 is 0. The van der Waals surface area contributed by atoms with E-state index < -0.39 is 0 Å². The van der Waals surface area contributed by atoms with Crippen molar-refractivity contribution in [3.8, 4) is 22.4 Å². The van der Waals surface area contributed by atoms with Crippen LogP contribution in [0.15, 0.2) is 89.6 Å². The first-order valence-corrected chi connectivity index (χ1v) is 10.8. The van der Waals surface area contributed by atoms with E-state index >= 15 is 0 Å². The highest BCUT2D eigenvalue weighted by molar-refractivity contribution is 6.16. The van der Waals surface area contributed by atoms with E-state index in [0.717, 1.165) is 60.8 Å². The van der Waals surface area contributed by atoms with Crippen molar-refractivity contribution >= 4 is 38.5 Å². The van der Waals surface area contributed by atoms with Crippen molar-refractivity contribution in [2.45, 2.75) is 6.92 Å². The first-order chi connectivity index (χ1) is 16.2. The van der Waals surface area contributed by atoms with E-state index in [0.29, 0.717) is 5.69 Å². The number of hydrogen-bond acceptors (Lipinski definition) is 2. The lowest BCUT2D eigenvalue weighted by atomic mass is 9.97. The van der Waals surface area contributed by atoms with E-state index in [1.165, 1.54) is 0 Å². The highest BCUT2D eigenvalue weighted by Gasteiger charge is 2.24. The molecule has 0 saturated heterocycles. The molecule has 0 aliphatic heterocycles. The van der Waals surface area contributed by atoms with Gasteiger partial charge < -0.3 is 4.42 Å². The summed E-state index contributed by atoms with van der Waals surface area (Å²) in [5.41, 5.74) is 8.17. The van der Waals surface area contributed by atoms with Gasteiger partial charge in [-0.2, -0.15) is 0 Å². The van der Waals surface area contributed by atoms with Crippen molar-refractivity contribution in [3.63, 3.8) is 0 Å². The Morgan fingerprint density at radius 3 is 2.27 bits per heavy atom. The third-order valence-corrected chi connectivity index (χ3v) is 6.30. The molecule has 6 rings (SSSR count). The monoisotopic (exact) mass is 426 g/mol. The number of fused-ring (bicyclic) bond motifs is 4. The molecule has 156 valence electrons. The predicted octanol–water partition coefficient (Wildman–Crippen LogP) is 7.15. The fraction of sp³-hybridized carbons (Fsp3) is 0.0690. The molecule has 33 heavy (non-hydrogen) atoms. The first-order valence-electron chi connectivity index (χ1n) is 10.8. The Bertz CT molecular complexity index is 1740. The summed E-state index contributed by atoms with van der Waals surface area (Å²) in [4.78, 5) is 8.39. The molecule has 0 spiro atoms. The Morgan fingerprint density at radius 1 is 0.788 bits per heavy atom. The molecule has 0 radical (unpaired) electrons. The van der Waals surface area contributed by atoms with Crippen molar-refractivity contribution in [2.75, 3.05) is 0 Å². The van der Waals surface area contributed by atoms with E-state index in [4.69, 9.17) is 11.0 Å². The second-order valence-electron chi connectivity index (χ2n) is 8.27. The largest absolute Gasteiger partial charge is 0.456 e. The highest BCUT2D eigenvalue weighted by Crippen LogP contribution is 2.44. The number of nitrogens with zero attached hydrogens (tertiary/aromatic N) is 3. The van der Waals surface area contributed by atoms with Gasteiger partial charge in [0.25, 0.3) is 6.33 Å². The molecule has 4 heteroatoms. The molecule has 0 N–H and O–H groups in total. The van der Waals surface area contributed by atoms with Crippen molar-refractivity contribution in [2.24, 2.45) is 7.05 Å². The number of benzene rings is 4. The average molecular weight is 426 g/mol. The Balaban J connectivity index is 1.78. The summed E-state index contributed by atoms with van der Waals surface area (Å²) in [6.07, 6.45) is 1.85. The van der Waals surface area contributed by atoms with Gasteiger partial charge in [-0.1, -0.05) is 66.7 Å². The Kier molecular flexibility index (Phi) is 4.24. The summed E-state index contributed by atoms with van der Waals surface area (Å²) in [6, 6.07) is 26.4.